The van der Waals surface area contributed by atoms with Crippen LogP contribution in [0.1, 0.15) is 12.5 Å². The van der Waals surface area contributed by atoms with E-state index in [-0.39, 0.29) is 5.96 Å². The Kier molecular flexibility index (Phi) is 4.13. The van der Waals surface area contributed by atoms with Crippen molar-refractivity contribution in [3.63, 3.8) is 0 Å². The van der Waals surface area contributed by atoms with Crippen LogP contribution in [0.25, 0.3) is 0 Å². The molecule has 0 saturated heterocycles. The van der Waals surface area contributed by atoms with E-state index in [0.717, 1.165) is 17.7 Å². The van der Waals surface area contributed by atoms with Crippen LogP contribution in [-0.4, -0.2) is 12.0 Å². The second kappa shape index (κ2) is 5.37. The normalized spacial score (nSPS) is 9.62. The molecule has 0 unspecified atom stereocenters. The number of aryl methyl sites for hydroxylation is 1. The monoisotopic (exact) mass is 240 g/mol. The number of hydrogen-bond donors (Lipinski definition) is 4. The third-order valence-electron chi connectivity index (χ3n) is 1.96. The number of carbonyl (C=O) groups is 1. The number of primary amides is 1. The number of nitrogens with one attached hydrogen (secondary N) is 3. The van der Waals surface area contributed by atoms with Crippen LogP contribution in [0.3, 0.4) is 0 Å². The lowest BCUT2D eigenvalue weighted by Crippen LogP contribution is -2.38. The summed E-state index contributed by atoms with van der Waals surface area (Å²) < 4.78 is 0. The van der Waals surface area contributed by atoms with Crippen molar-refractivity contribution in [3.05, 3.63) is 28.8 Å². The molecule has 0 saturated carbocycles. The predicted molar refractivity (Wildman–Crippen MR) is 64.9 cm³/mol. The number of carbonyl (C=O) groups excluding carboxylic acids is 1. The molecule has 86 valence electrons. The third kappa shape index (κ3) is 3.43. The van der Waals surface area contributed by atoms with Crippen LogP contribution in [0.2, 0.25) is 5.02 Å². The highest BCUT2D eigenvalue weighted by Crippen LogP contribution is 2.20. The lowest BCUT2D eigenvalue weighted by molar-refractivity contribution is 0.253. The number of rotatable bonds is 2. The molecule has 0 aliphatic heterocycles. The number of anilines is 1. The predicted octanol–water partition coefficient (Wildman–Crippen LogP) is 1.92. The van der Waals surface area contributed by atoms with Gasteiger partial charge in [0.25, 0.3) is 0 Å². The molecule has 0 spiro atoms. The third-order valence-corrected chi connectivity index (χ3v) is 2.19. The lowest BCUT2D eigenvalue weighted by Gasteiger charge is -2.11. The number of guanidine groups is 1. The van der Waals surface area contributed by atoms with Crippen LogP contribution >= 0.6 is 11.6 Å². The first-order valence-electron chi connectivity index (χ1n) is 4.73. The number of amides is 2. The average molecular weight is 241 g/mol. The zero-order valence-corrected chi connectivity index (χ0v) is 9.56. The molecule has 1 rings (SSSR count). The number of hydrogen-bond acceptors (Lipinski definition) is 2. The summed E-state index contributed by atoms with van der Waals surface area (Å²) in [5.74, 6) is -0.162. The Labute approximate surface area is 98.5 Å². The van der Waals surface area contributed by atoms with E-state index in [1.165, 1.54) is 0 Å². The van der Waals surface area contributed by atoms with E-state index in [0.29, 0.717) is 5.02 Å². The van der Waals surface area contributed by atoms with E-state index in [9.17, 15) is 4.79 Å². The summed E-state index contributed by atoms with van der Waals surface area (Å²) in [7, 11) is 0. The van der Waals surface area contributed by atoms with Gasteiger partial charge in [0, 0.05) is 10.7 Å². The van der Waals surface area contributed by atoms with Crippen LogP contribution < -0.4 is 16.4 Å². The van der Waals surface area contributed by atoms with Crippen molar-refractivity contribution in [2.24, 2.45) is 5.73 Å². The molecule has 0 atom stereocenters. The maximum Gasteiger partial charge on any atom is 0.318 e. The van der Waals surface area contributed by atoms with E-state index in [1.54, 1.807) is 18.2 Å². The highest BCUT2D eigenvalue weighted by molar-refractivity contribution is 6.30. The van der Waals surface area contributed by atoms with Gasteiger partial charge in [-0.2, -0.15) is 0 Å². The number of nitrogens with two attached hydrogens (primary N) is 1. The fourth-order valence-corrected chi connectivity index (χ4v) is 1.46. The first kappa shape index (κ1) is 12.3. The van der Waals surface area contributed by atoms with E-state index in [2.05, 4.69) is 10.6 Å². The molecule has 6 heteroatoms. The molecule has 0 bridgehead atoms. The number of benzene rings is 1. The van der Waals surface area contributed by atoms with Crippen LogP contribution in [0, 0.1) is 5.41 Å². The van der Waals surface area contributed by atoms with Crippen molar-refractivity contribution in [1.82, 2.24) is 5.32 Å². The molecule has 5 nitrogen and oxygen atoms in total. The zero-order valence-electron chi connectivity index (χ0n) is 8.80. The molecule has 0 aromatic heterocycles. The summed E-state index contributed by atoms with van der Waals surface area (Å²) in [6, 6.07) is 4.49. The lowest BCUT2D eigenvalue weighted by atomic mass is 10.1. The second-order valence-corrected chi connectivity index (χ2v) is 3.58. The molecule has 0 aliphatic carbocycles. The standard InChI is InChI=1S/C10H13ClN4O/c1-2-6-5-7(11)3-4-8(6)14-9(12)15-10(13)16/h3-5H,2H2,1H3,(H5,12,13,14,15,16). The molecule has 0 radical (unpaired) electrons. The van der Waals surface area contributed by atoms with Crippen molar-refractivity contribution >= 4 is 29.3 Å². The molecule has 0 fully saturated rings. The zero-order chi connectivity index (χ0) is 12.1. The summed E-state index contributed by atoms with van der Waals surface area (Å²) in [6.45, 7) is 1.97. The van der Waals surface area contributed by atoms with E-state index in [4.69, 9.17) is 22.7 Å². The van der Waals surface area contributed by atoms with Gasteiger partial charge in [-0.1, -0.05) is 18.5 Å². The summed E-state index contributed by atoms with van der Waals surface area (Å²) >= 11 is 5.85. The van der Waals surface area contributed by atoms with E-state index in [1.807, 2.05) is 6.92 Å². The summed E-state index contributed by atoms with van der Waals surface area (Å²) in [5, 5.41) is 12.9. The average Bonchev–Trinajstić information content (AvgIpc) is 2.19. The minimum absolute atomic E-state index is 0.162. The summed E-state index contributed by atoms with van der Waals surface area (Å²) in [4.78, 5) is 10.5. The maximum absolute atomic E-state index is 10.5. The van der Waals surface area contributed by atoms with Gasteiger partial charge in [0.05, 0.1) is 0 Å². The van der Waals surface area contributed by atoms with Gasteiger partial charge >= 0.3 is 6.03 Å². The molecule has 5 N–H and O–H groups in total. The fraction of sp³-hybridized carbons (Fsp3) is 0.200. The smallest absolute Gasteiger partial charge is 0.318 e. The Morgan fingerprint density at radius 3 is 2.81 bits per heavy atom. The second-order valence-electron chi connectivity index (χ2n) is 3.14. The van der Waals surface area contributed by atoms with Gasteiger partial charge in [0.2, 0.25) is 5.96 Å². The van der Waals surface area contributed by atoms with Gasteiger partial charge in [-0.15, -0.1) is 0 Å². The Morgan fingerprint density at radius 1 is 1.56 bits per heavy atom. The maximum atomic E-state index is 10.5. The Balaban J connectivity index is 2.80. The van der Waals surface area contributed by atoms with E-state index >= 15 is 0 Å². The molecule has 16 heavy (non-hydrogen) atoms. The molecule has 2 amide bonds. The van der Waals surface area contributed by atoms with Gasteiger partial charge in [-0.25, -0.2) is 4.79 Å². The highest BCUT2D eigenvalue weighted by atomic mass is 35.5. The first-order valence-corrected chi connectivity index (χ1v) is 5.11. The van der Waals surface area contributed by atoms with Crippen molar-refractivity contribution < 1.29 is 4.79 Å². The molecular weight excluding hydrogens is 228 g/mol. The van der Waals surface area contributed by atoms with Gasteiger partial charge in [0.15, 0.2) is 0 Å². The van der Waals surface area contributed by atoms with Gasteiger partial charge in [-0.05, 0) is 30.2 Å². The minimum atomic E-state index is -0.774. The largest absolute Gasteiger partial charge is 0.351 e. The molecule has 0 heterocycles. The number of urea groups is 1. The van der Waals surface area contributed by atoms with Crippen LogP contribution in [-0.2, 0) is 6.42 Å². The van der Waals surface area contributed by atoms with Crippen molar-refractivity contribution in [2.75, 3.05) is 5.32 Å². The highest BCUT2D eigenvalue weighted by Gasteiger charge is 2.05. The topological polar surface area (TPSA) is 91.0 Å². The number of halogens is 1. The quantitative estimate of drug-likeness (QED) is 0.470. The molecular formula is C10H13ClN4O. The van der Waals surface area contributed by atoms with Gasteiger partial charge < -0.3 is 11.1 Å². The first-order chi connectivity index (χ1) is 7.52. The van der Waals surface area contributed by atoms with Crippen molar-refractivity contribution in [2.45, 2.75) is 13.3 Å². The van der Waals surface area contributed by atoms with Gasteiger partial charge in [-0.3, -0.25) is 10.7 Å². The summed E-state index contributed by atoms with van der Waals surface area (Å²) in [6.07, 6.45) is 0.771. The Hall–Kier alpha value is -1.75. The summed E-state index contributed by atoms with van der Waals surface area (Å²) in [5.41, 5.74) is 6.58. The van der Waals surface area contributed by atoms with Crippen LogP contribution in [0.4, 0.5) is 10.5 Å². The van der Waals surface area contributed by atoms with Gasteiger partial charge in [0.1, 0.15) is 0 Å². The van der Waals surface area contributed by atoms with Crippen LogP contribution in [0.15, 0.2) is 18.2 Å². The SMILES string of the molecule is CCc1cc(Cl)ccc1NC(=N)NC(N)=O. The molecule has 1 aromatic carbocycles. The van der Waals surface area contributed by atoms with Crippen molar-refractivity contribution in [1.29, 1.82) is 5.41 Å². The molecule has 0 aliphatic rings. The van der Waals surface area contributed by atoms with Crippen molar-refractivity contribution in [3.8, 4) is 0 Å². The van der Waals surface area contributed by atoms with E-state index < -0.39 is 6.03 Å². The molecule has 1 aromatic rings. The van der Waals surface area contributed by atoms with Crippen LogP contribution in [0.5, 0.6) is 0 Å². The Morgan fingerprint density at radius 2 is 2.25 bits per heavy atom. The fourth-order valence-electron chi connectivity index (χ4n) is 1.27. The Bertz CT molecular complexity index is 419. The minimum Gasteiger partial charge on any atom is -0.351 e.